The van der Waals surface area contributed by atoms with Crippen LogP contribution in [-0.4, -0.2) is 76.5 Å². The Kier molecular flexibility index (Phi) is 8.20. The zero-order chi connectivity index (χ0) is 22.2. The first-order chi connectivity index (χ1) is 15.0. The van der Waals surface area contributed by atoms with Gasteiger partial charge in [0.2, 0.25) is 0 Å². The predicted octanol–water partition coefficient (Wildman–Crippen LogP) is 2.86. The molecule has 0 radical (unpaired) electrons. The Morgan fingerprint density at radius 2 is 1.90 bits per heavy atom. The second kappa shape index (κ2) is 11.1. The van der Waals surface area contributed by atoms with Crippen molar-refractivity contribution in [3.63, 3.8) is 0 Å². The third-order valence-corrected chi connectivity index (χ3v) is 5.55. The maximum absolute atomic E-state index is 12.7. The van der Waals surface area contributed by atoms with E-state index in [0.29, 0.717) is 44.2 Å². The van der Waals surface area contributed by atoms with Gasteiger partial charge in [-0.1, -0.05) is 6.07 Å². The molecule has 0 saturated carbocycles. The van der Waals surface area contributed by atoms with Crippen LogP contribution in [0, 0.1) is 6.92 Å². The van der Waals surface area contributed by atoms with Gasteiger partial charge in [0.05, 0.1) is 33.5 Å². The number of methoxy groups -OCH3 is 2. The number of aryl methyl sites for hydroxylation is 1. The van der Waals surface area contributed by atoms with Gasteiger partial charge < -0.3 is 28.8 Å². The van der Waals surface area contributed by atoms with Gasteiger partial charge in [-0.15, -0.1) is 0 Å². The van der Waals surface area contributed by atoms with Crippen molar-refractivity contribution >= 4 is 6.03 Å². The van der Waals surface area contributed by atoms with E-state index in [9.17, 15) is 4.79 Å². The summed E-state index contributed by atoms with van der Waals surface area (Å²) < 4.78 is 22.0. The number of carbonyl (C=O) groups excluding carboxylic acids is 1. The third-order valence-electron chi connectivity index (χ3n) is 5.55. The SMILES string of the molecule is COc1ccc(CCN(C)C(=O)NCC(c2ccc(C)o2)N2CCOCC2)cc1OC. The maximum Gasteiger partial charge on any atom is 0.317 e. The average molecular weight is 432 g/mol. The molecule has 1 saturated heterocycles. The second-order valence-corrected chi connectivity index (χ2v) is 7.66. The Bertz CT molecular complexity index is 847. The Hall–Kier alpha value is -2.71. The molecule has 0 spiro atoms. The first kappa shape index (κ1) is 23.0. The molecule has 0 bridgehead atoms. The molecule has 31 heavy (non-hydrogen) atoms. The van der Waals surface area contributed by atoms with Crippen LogP contribution in [0.25, 0.3) is 0 Å². The highest BCUT2D eigenvalue weighted by Crippen LogP contribution is 2.28. The fourth-order valence-electron chi connectivity index (χ4n) is 3.68. The molecule has 8 heteroatoms. The van der Waals surface area contributed by atoms with Crippen molar-refractivity contribution in [2.45, 2.75) is 19.4 Å². The van der Waals surface area contributed by atoms with Crippen molar-refractivity contribution in [3.8, 4) is 11.5 Å². The Balaban J connectivity index is 1.55. The van der Waals surface area contributed by atoms with Crippen molar-refractivity contribution in [2.75, 3.05) is 60.7 Å². The van der Waals surface area contributed by atoms with Crippen molar-refractivity contribution in [1.82, 2.24) is 15.1 Å². The highest BCUT2D eigenvalue weighted by atomic mass is 16.5. The van der Waals surface area contributed by atoms with Gasteiger partial charge in [-0.3, -0.25) is 4.90 Å². The minimum absolute atomic E-state index is 0.0131. The number of hydrogen-bond acceptors (Lipinski definition) is 6. The quantitative estimate of drug-likeness (QED) is 0.658. The highest BCUT2D eigenvalue weighted by Gasteiger charge is 2.26. The monoisotopic (exact) mass is 431 g/mol. The average Bonchev–Trinajstić information content (AvgIpc) is 3.23. The first-order valence-electron chi connectivity index (χ1n) is 10.6. The number of ether oxygens (including phenoxy) is 3. The summed E-state index contributed by atoms with van der Waals surface area (Å²) in [4.78, 5) is 16.7. The molecule has 1 atom stereocenters. The van der Waals surface area contributed by atoms with Gasteiger partial charge in [0, 0.05) is 33.2 Å². The van der Waals surface area contributed by atoms with E-state index >= 15 is 0 Å². The molecule has 3 rings (SSSR count). The number of urea groups is 1. The van der Waals surface area contributed by atoms with Crippen molar-refractivity contribution in [2.24, 2.45) is 0 Å². The Morgan fingerprint density at radius 1 is 1.16 bits per heavy atom. The zero-order valence-electron chi connectivity index (χ0n) is 18.8. The molecule has 0 aliphatic carbocycles. The van der Waals surface area contributed by atoms with E-state index in [1.165, 1.54) is 0 Å². The van der Waals surface area contributed by atoms with Crippen LogP contribution in [0.4, 0.5) is 4.79 Å². The van der Waals surface area contributed by atoms with Gasteiger partial charge in [-0.05, 0) is 43.2 Å². The number of nitrogens with zero attached hydrogens (tertiary/aromatic N) is 2. The van der Waals surface area contributed by atoms with Gasteiger partial charge in [-0.2, -0.15) is 0 Å². The van der Waals surface area contributed by atoms with Crippen molar-refractivity contribution < 1.29 is 23.4 Å². The third kappa shape index (κ3) is 6.15. The highest BCUT2D eigenvalue weighted by molar-refractivity contribution is 5.73. The number of hydrogen-bond donors (Lipinski definition) is 1. The zero-order valence-corrected chi connectivity index (χ0v) is 18.8. The number of furan rings is 1. The smallest absolute Gasteiger partial charge is 0.317 e. The van der Waals surface area contributed by atoms with Crippen molar-refractivity contribution in [1.29, 1.82) is 0 Å². The molecule has 1 aromatic carbocycles. The number of nitrogens with one attached hydrogen (secondary N) is 1. The molecule has 1 fully saturated rings. The van der Waals surface area contributed by atoms with Gasteiger partial charge in [-0.25, -0.2) is 4.79 Å². The van der Waals surface area contributed by atoms with Crippen molar-refractivity contribution in [3.05, 3.63) is 47.4 Å². The number of rotatable bonds is 9. The number of carbonyl (C=O) groups is 1. The summed E-state index contributed by atoms with van der Waals surface area (Å²) in [6, 6.07) is 9.64. The fraction of sp³-hybridized carbons (Fsp3) is 0.522. The molecule has 170 valence electrons. The van der Waals surface area contributed by atoms with Crippen LogP contribution in [0.15, 0.2) is 34.7 Å². The molecule has 8 nitrogen and oxygen atoms in total. The molecular formula is C23H33N3O5. The summed E-state index contributed by atoms with van der Waals surface area (Å²) in [5.41, 5.74) is 1.08. The standard InChI is InChI=1S/C23H33N3O5/c1-17-5-7-20(31-17)19(26-11-13-30-14-12-26)16-24-23(27)25(2)10-9-18-6-8-21(28-3)22(15-18)29-4/h5-8,15,19H,9-14,16H2,1-4H3,(H,24,27). The Morgan fingerprint density at radius 3 is 2.55 bits per heavy atom. The molecule has 1 aromatic heterocycles. The molecule has 2 aromatic rings. The van der Waals surface area contributed by atoms with Crippen LogP contribution in [0.2, 0.25) is 0 Å². The fourth-order valence-corrected chi connectivity index (χ4v) is 3.68. The van der Waals surface area contributed by atoms with Gasteiger partial charge in [0.1, 0.15) is 11.5 Å². The van der Waals surface area contributed by atoms with Crippen LogP contribution in [0.1, 0.15) is 23.1 Å². The minimum Gasteiger partial charge on any atom is -0.493 e. The van der Waals surface area contributed by atoms with Crippen LogP contribution >= 0.6 is 0 Å². The van der Waals surface area contributed by atoms with Gasteiger partial charge >= 0.3 is 6.03 Å². The normalized spacial score (nSPS) is 15.4. The maximum atomic E-state index is 12.7. The van der Waals surface area contributed by atoms with E-state index in [2.05, 4.69) is 10.2 Å². The van der Waals surface area contributed by atoms with E-state index in [1.54, 1.807) is 26.2 Å². The number of amides is 2. The van der Waals surface area contributed by atoms with E-state index < -0.39 is 0 Å². The van der Waals surface area contributed by atoms with Crippen LogP contribution in [0.5, 0.6) is 11.5 Å². The second-order valence-electron chi connectivity index (χ2n) is 7.66. The molecule has 1 N–H and O–H groups in total. The largest absolute Gasteiger partial charge is 0.493 e. The summed E-state index contributed by atoms with van der Waals surface area (Å²) in [5, 5.41) is 3.06. The van der Waals surface area contributed by atoms with Gasteiger partial charge in [0.15, 0.2) is 11.5 Å². The molecule has 1 unspecified atom stereocenters. The van der Waals surface area contributed by atoms with E-state index in [1.807, 2.05) is 37.3 Å². The molecule has 2 heterocycles. The Labute approximate surface area is 184 Å². The van der Waals surface area contributed by atoms with E-state index in [-0.39, 0.29) is 12.1 Å². The molecule has 1 aliphatic rings. The number of benzene rings is 1. The first-order valence-corrected chi connectivity index (χ1v) is 10.6. The van der Waals surface area contributed by atoms with E-state index in [0.717, 1.165) is 30.2 Å². The minimum atomic E-state index is -0.109. The molecule has 2 amide bonds. The lowest BCUT2D eigenvalue weighted by Crippen LogP contribution is -2.46. The summed E-state index contributed by atoms with van der Waals surface area (Å²) in [7, 11) is 5.04. The topological polar surface area (TPSA) is 76.4 Å². The predicted molar refractivity (Wildman–Crippen MR) is 118 cm³/mol. The summed E-state index contributed by atoms with van der Waals surface area (Å²) >= 11 is 0. The lowest BCUT2D eigenvalue weighted by molar-refractivity contribution is 0.0119. The van der Waals surface area contributed by atoms with Crippen LogP contribution < -0.4 is 14.8 Å². The van der Waals surface area contributed by atoms with Crippen LogP contribution in [0.3, 0.4) is 0 Å². The molecule has 1 aliphatic heterocycles. The number of morpholine rings is 1. The van der Waals surface area contributed by atoms with E-state index in [4.69, 9.17) is 18.6 Å². The lowest BCUT2D eigenvalue weighted by atomic mass is 10.1. The lowest BCUT2D eigenvalue weighted by Gasteiger charge is -2.33. The van der Waals surface area contributed by atoms with Gasteiger partial charge in [0.25, 0.3) is 0 Å². The summed E-state index contributed by atoms with van der Waals surface area (Å²) in [6.07, 6.45) is 0.717. The molecular weight excluding hydrogens is 398 g/mol. The summed E-state index contributed by atoms with van der Waals surface area (Å²) in [6.45, 7) is 6.01. The van der Waals surface area contributed by atoms with Crippen LogP contribution in [-0.2, 0) is 11.2 Å². The number of likely N-dealkylation sites (N-methyl/N-ethyl adjacent to an activating group) is 1. The summed E-state index contributed by atoms with van der Waals surface area (Å²) in [5.74, 6) is 3.12.